The molecule has 0 aromatic carbocycles. The van der Waals surface area contributed by atoms with E-state index >= 15 is 0 Å². The summed E-state index contributed by atoms with van der Waals surface area (Å²) in [5.41, 5.74) is 6.56. The highest BCUT2D eigenvalue weighted by Gasteiger charge is 2.51. The van der Waals surface area contributed by atoms with Gasteiger partial charge in [0.2, 0.25) is 0 Å². The average Bonchev–Trinajstić information content (AvgIpc) is 3.20. The Morgan fingerprint density at radius 2 is 1.75 bits per heavy atom. The third-order valence-electron chi connectivity index (χ3n) is 5.91. The van der Waals surface area contributed by atoms with Gasteiger partial charge in [-0.15, -0.1) is 0 Å². The van der Waals surface area contributed by atoms with E-state index in [0.717, 1.165) is 18.5 Å². The van der Waals surface area contributed by atoms with Crippen LogP contribution < -0.4 is 5.73 Å². The van der Waals surface area contributed by atoms with Gasteiger partial charge in [0.15, 0.2) is 5.96 Å². The van der Waals surface area contributed by atoms with E-state index in [0.29, 0.717) is 6.04 Å². The van der Waals surface area contributed by atoms with E-state index < -0.39 is 0 Å². The topological polar surface area (TPSA) is 44.9 Å². The third-order valence-corrected chi connectivity index (χ3v) is 5.91. The van der Waals surface area contributed by atoms with Gasteiger partial charge in [0.1, 0.15) is 0 Å². The summed E-state index contributed by atoms with van der Waals surface area (Å²) in [7, 11) is 0. The monoisotopic (exact) mass is 276 g/mol. The summed E-state index contributed by atoms with van der Waals surface area (Å²) in [5.74, 6) is 0.842. The Hall–Kier alpha value is -0.770. The van der Waals surface area contributed by atoms with Crippen molar-refractivity contribution in [3.8, 4) is 0 Å². The second-order valence-electron chi connectivity index (χ2n) is 7.37. The summed E-state index contributed by atoms with van der Waals surface area (Å²) in [5, 5.41) is 0. The van der Waals surface area contributed by atoms with Crippen molar-refractivity contribution in [3.05, 3.63) is 0 Å². The van der Waals surface area contributed by atoms with Gasteiger partial charge in [-0.1, -0.05) is 25.7 Å². The number of nitrogens with two attached hydrogens (primary N) is 1. The second kappa shape index (κ2) is 4.90. The fourth-order valence-corrected chi connectivity index (χ4v) is 4.68. The molecule has 2 saturated carbocycles. The van der Waals surface area contributed by atoms with Gasteiger partial charge in [0.05, 0.1) is 12.1 Å². The lowest BCUT2D eigenvalue weighted by Crippen LogP contribution is -2.57. The van der Waals surface area contributed by atoms with Gasteiger partial charge in [0, 0.05) is 25.2 Å². The van der Waals surface area contributed by atoms with Crippen molar-refractivity contribution in [1.82, 2.24) is 9.80 Å². The molecule has 20 heavy (non-hydrogen) atoms. The average molecular weight is 276 g/mol. The number of rotatable bonds is 2. The molecule has 1 saturated heterocycles. The molecule has 0 radical (unpaired) electrons. The van der Waals surface area contributed by atoms with Crippen LogP contribution in [0.5, 0.6) is 0 Å². The molecule has 2 heterocycles. The number of guanidine groups is 1. The van der Waals surface area contributed by atoms with E-state index in [1.165, 1.54) is 70.9 Å². The molecule has 1 unspecified atom stereocenters. The molecule has 2 aliphatic heterocycles. The van der Waals surface area contributed by atoms with Crippen LogP contribution in [-0.2, 0) is 0 Å². The summed E-state index contributed by atoms with van der Waals surface area (Å²) in [6.45, 7) is 3.41. The van der Waals surface area contributed by atoms with E-state index in [9.17, 15) is 0 Å². The van der Waals surface area contributed by atoms with Crippen molar-refractivity contribution >= 4 is 5.96 Å². The van der Waals surface area contributed by atoms with Crippen LogP contribution in [-0.4, -0.2) is 53.0 Å². The molecule has 112 valence electrons. The lowest BCUT2D eigenvalue weighted by molar-refractivity contribution is 0.136. The van der Waals surface area contributed by atoms with E-state index in [2.05, 4.69) is 14.8 Å². The molecule has 3 fully saturated rings. The minimum atomic E-state index is 0.252. The van der Waals surface area contributed by atoms with Crippen LogP contribution in [0.1, 0.15) is 57.8 Å². The van der Waals surface area contributed by atoms with Crippen LogP contribution in [0.3, 0.4) is 0 Å². The van der Waals surface area contributed by atoms with Crippen LogP contribution in [0.15, 0.2) is 4.99 Å². The molecule has 2 N–H and O–H groups in total. The molecular weight excluding hydrogens is 248 g/mol. The van der Waals surface area contributed by atoms with Gasteiger partial charge in [-0.3, -0.25) is 9.89 Å². The number of hydrogen-bond donors (Lipinski definition) is 1. The molecule has 4 heteroatoms. The highest BCUT2D eigenvalue weighted by Crippen LogP contribution is 2.40. The van der Waals surface area contributed by atoms with Crippen molar-refractivity contribution in [2.45, 2.75) is 75.4 Å². The van der Waals surface area contributed by atoms with Crippen molar-refractivity contribution in [3.63, 3.8) is 0 Å². The van der Waals surface area contributed by atoms with Crippen LogP contribution in [0, 0.1) is 0 Å². The third kappa shape index (κ3) is 2.12. The number of aliphatic imine (C=N–C) groups is 1. The number of nitrogens with zero attached hydrogens (tertiary/aromatic N) is 3. The smallest absolute Gasteiger partial charge is 0.192 e. The lowest BCUT2D eigenvalue weighted by atomic mass is 9.93. The van der Waals surface area contributed by atoms with Gasteiger partial charge in [-0.25, -0.2) is 0 Å². The summed E-state index contributed by atoms with van der Waals surface area (Å²) in [4.78, 5) is 9.94. The van der Waals surface area contributed by atoms with Crippen LogP contribution in [0.25, 0.3) is 0 Å². The van der Waals surface area contributed by atoms with E-state index in [1.807, 2.05) is 0 Å². The molecule has 4 rings (SSSR count). The molecule has 2 aliphatic carbocycles. The summed E-state index contributed by atoms with van der Waals surface area (Å²) in [6.07, 6.45) is 12.3. The van der Waals surface area contributed by atoms with Crippen molar-refractivity contribution in [2.75, 3.05) is 19.6 Å². The summed E-state index contributed by atoms with van der Waals surface area (Å²) in [6, 6.07) is 1.54. The van der Waals surface area contributed by atoms with Gasteiger partial charge in [-0.2, -0.15) is 0 Å². The number of hydrogen-bond acceptors (Lipinski definition) is 4. The molecule has 0 aromatic rings. The van der Waals surface area contributed by atoms with Crippen LogP contribution in [0.4, 0.5) is 0 Å². The molecule has 0 amide bonds. The zero-order valence-corrected chi connectivity index (χ0v) is 12.6. The largest absolute Gasteiger partial charge is 0.370 e. The Morgan fingerprint density at radius 1 is 1.00 bits per heavy atom. The highest BCUT2D eigenvalue weighted by molar-refractivity contribution is 5.81. The fraction of sp³-hybridized carbons (Fsp3) is 0.938. The second-order valence-corrected chi connectivity index (χ2v) is 7.37. The molecule has 1 atom stereocenters. The first-order chi connectivity index (χ1) is 9.78. The zero-order chi connectivity index (χ0) is 13.6. The maximum atomic E-state index is 6.31. The first-order valence-corrected chi connectivity index (χ1v) is 8.62. The molecule has 4 aliphatic rings. The minimum Gasteiger partial charge on any atom is -0.370 e. The summed E-state index contributed by atoms with van der Waals surface area (Å²) >= 11 is 0. The van der Waals surface area contributed by atoms with E-state index in [4.69, 9.17) is 5.73 Å². The quantitative estimate of drug-likeness (QED) is 0.784. The van der Waals surface area contributed by atoms with E-state index in [-0.39, 0.29) is 5.54 Å². The SMILES string of the molecule is NC1=NCC2(CCN(C3CC3)C2)N1C1CCCCCC1. The lowest BCUT2D eigenvalue weighted by Gasteiger charge is -2.41. The van der Waals surface area contributed by atoms with Gasteiger partial charge in [-0.05, 0) is 32.1 Å². The normalized spacial score (nSPS) is 36.6. The van der Waals surface area contributed by atoms with Crippen molar-refractivity contribution in [1.29, 1.82) is 0 Å². The minimum absolute atomic E-state index is 0.252. The molecule has 0 aromatic heterocycles. The first-order valence-electron chi connectivity index (χ1n) is 8.62. The predicted molar refractivity (Wildman–Crippen MR) is 81.8 cm³/mol. The standard InChI is InChI=1S/C16H28N4/c17-15-18-11-16(9-10-19(12-16)13-7-8-13)20(15)14-5-3-1-2-4-6-14/h13-14H,1-12H2,(H2,17,18). The van der Waals surface area contributed by atoms with Crippen LogP contribution in [0.2, 0.25) is 0 Å². The highest BCUT2D eigenvalue weighted by atomic mass is 15.4. The van der Waals surface area contributed by atoms with Gasteiger partial charge < -0.3 is 10.6 Å². The van der Waals surface area contributed by atoms with Crippen molar-refractivity contribution in [2.24, 2.45) is 10.7 Å². The van der Waals surface area contributed by atoms with E-state index in [1.54, 1.807) is 0 Å². The molecule has 4 nitrogen and oxygen atoms in total. The molecule has 1 spiro atoms. The molecular formula is C16H28N4. The maximum Gasteiger partial charge on any atom is 0.192 e. The Bertz CT molecular complexity index is 395. The number of likely N-dealkylation sites (tertiary alicyclic amines) is 1. The first kappa shape index (κ1) is 12.9. The Balaban J connectivity index is 1.53. The Labute approximate surface area is 122 Å². The Morgan fingerprint density at radius 3 is 2.45 bits per heavy atom. The van der Waals surface area contributed by atoms with Gasteiger partial charge in [0.25, 0.3) is 0 Å². The molecule has 0 bridgehead atoms. The fourth-order valence-electron chi connectivity index (χ4n) is 4.68. The zero-order valence-electron chi connectivity index (χ0n) is 12.6. The van der Waals surface area contributed by atoms with Gasteiger partial charge >= 0.3 is 0 Å². The predicted octanol–water partition coefficient (Wildman–Crippen LogP) is 1.95. The Kier molecular flexibility index (Phi) is 3.17. The van der Waals surface area contributed by atoms with Crippen LogP contribution >= 0.6 is 0 Å². The summed E-state index contributed by atoms with van der Waals surface area (Å²) < 4.78 is 0. The maximum absolute atomic E-state index is 6.31. The van der Waals surface area contributed by atoms with Crippen molar-refractivity contribution < 1.29 is 0 Å².